The Hall–Kier alpha value is -1.47. The van der Waals surface area contributed by atoms with Crippen LogP contribution in [0.4, 0.5) is 5.13 Å². The van der Waals surface area contributed by atoms with Gasteiger partial charge in [-0.3, -0.25) is 0 Å². The molecule has 21 heavy (non-hydrogen) atoms. The first-order valence-corrected chi connectivity index (χ1v) is 8.48. The number of hydrogen-bond donors (Lipinski definition) is 1. The SMILES string of the molecule is CCC(C)c1nc(N(C)Cc2csc(C)n2)sc1C(=O)O. The first-order chi connectivity index (χ1) is 9.92. The number of rotatable bonds is 6. The van der Waals surface area contributed by atoms with Crippen molar-refractivity contribution in [2.75, 3.05) is 11.9 Å². The van der Waals surface area contributed by atoms with E-state index in [0.717, 1.165) is 22.3 Å². The van der Waals surface area contributed by atoms with Gasteiger partial charge in [-0.2, -0.15) is 0 Å². The summed E-state index contributed by atoms with van der Waals surface area (Å²) >= 11 is 2.85. The maximum atomic E-state index is 11.4. The molecule has 2 heterocycles. The van der Waals surface area contributed by atoms with E-state index < -0.39 is 5.97 Å². The quantitative estimate of drug-likeness (QED) is 0.876. The van der Waals surface area contributed by atoms with Crippen LogP contribution in [0.2, 0.25) is 0 Å². The number of carbonyl (C=O) groups is 1. The van der Waals surface area contributed by atoms with Crippen LogP contribution in [-0.4, -0.2) is 28.1 Å². The Morgan fingerprint density at radius 1 is 1.48 bits per heavy atom. The van der Waals surface area contributed by atoms with E-state index in [-0.39, 0.29) is 5.92 Å². The molecule has 0 radical (unpaired) electrons. The highest BCUT2D eigenvalue weighted by Crippen LogP contribution is 2.32. The molecule has 7 heteroatoms. The topological polar surface area (TPSA) is 66.3 Å². The predicted molar refractivity (Wildman–Crippen MR) is 86.7 cm³/mol. The molecule has 114 valence electrons. The lowest BCUT2D eigenvalue weighted by Gasteiger charge is -2.14. The molecule has 0 spiro atoms. The predicted octanol–water partition coefficient (Wildman–Crippen LogP) is 3.76. The normalized spacial score (nSPS) is 12.4. The van der Waals surface area contributed by atoms with Crippen LogP contribution in [0.5, 0.6) is 0 Å². The zero-order valence-corrected chi connectivity index (χ0v) is 14.2. The first-order valence-electron chi connectivity index (χ1n) is 6.78. The molecule has 1 atom stereocenters. The van der Waals surface area contributed by atoms with Gasteiger partial charge in [0.1, 0.15) is 4.88 Å². The highest BCUT2D eigenvalue weighted by atomic mass is 32.1. The Morgan fingerprint density at radius 2 is 2.19 bits per heavy atom. The molecule has 2 aromatic rings. The largest absolute Gasteiger partial charge is 0.477 e. The first kappa shape index (κ1) is 15.9. The van der Waals surface area contributed by atoms with Gasteiger partial charge in [0.05, 0.1) is 22.9 Å². The highest BCUT2D eigenvalue weighted by Gasteiger charge is 2.22. The summed E-state index contributed by atoms with van der Waals surface area (Å²) in [5, 5.41) is 13.1. The summed E-state index contributed by atoms with van der Waals surface area (Å²) in [7, 11) is 1.92. The van der Waals surface area contributed by atoms with E-state index in [2.05, 4.69) is 9.97 Å². The third kappa shape index (κ3) is 3.59. The molecule has 2 aromatic heterocycles. The maximum Gasteiger partial charge on any atom is 0.347 e. The summed E-state index contributed by atoms with van der Waals surface area (Å²) in [6, 6.07) is 0. The van der Waals surface area contributed by atoms with Crippen LogP contribution in [-0.2, 0) is 6.54 Å². The van der Waals surface area contributed by atoms with Crippen molar-refractivity contribution in [3.05, 3.63) is 26.7 Å². The summed E-state index contributed by atoms with van der Waals surface area (Å²) in [4.78, 5) is 22.7. The number of aryl methyl sites for hydroxylation is 1. The summed E-state index contributed by atoms with van der Waals surface area (Å²) in [5.41, 5.74) is 1.67. The summed E-state index contributed by atoms with van der Waals surface area (Å²) in [6.45, 7) is 6.66. The molecular formula is C14H19N3O2S2. The minimum Gasteiger partial charge on any atom is -0.477 e. The zero-order chi connectivity index (χ0) is 15.6. The lowest BCUT2D eigenvalue weighted by molar-refractivity contribution is 0.0700. The molecule has 0 bridgehead atoms. The van der Waals surface area contributed by atoms with E-state index >= 15 is 0 Å². The molecule has 0 fully saturated rings. The van der Waals surface area contributed by atoms with Crippen LogP contribution >= 0.6 is 22.7 Å². The number of aromatic carboxylic acids is 1. The smallest absolute Gasteiger partial charge is 0.347 e. The van der Waals surface area contributed by atoms with E-state index in [1.807, 2.05) is 38.1 Å². The van der Waals surface area contributed by atoms with E-state index in [1.165, 1.54) is 11.3 Å². The second-order valence-electron chi connectivity index (χ2n) is 5.04. The average Bonchev–Trinajstić information content (AvgIpc) is 3.04. The van der Waals surface area contributed by atoms with Crippen LogP contribution < -0.4 is 4.90 Å². The van der Waals surface area contributed by atoms with Crippen LogP contribution in [0.1, 0.15) is 52.3 Å². The Labute approximate surface area is 132 Å². The molecule has 0 saturated carbocycles. The van der Waals surface area contributed by atoms with E-state index in [4.69, 9.17) is 0 Å². The number of anilines is 1. The lowest BCUT2D eigenvalue weighted by atomic mass is 10.0. The monoisotopic (exact) mass is 325 g/mol. The van der Waals surface area contributed by atoms with Crippen molar-refractivity contribution in [3.8, 4) is 0 Å². The number of hydrogen-bond acceptors (Lipinski definition) is 6. The van der Waals surface area contributed by atoms with Gasteiger partial charge in [0.15, 0.2) is 5.13 Å². The summed E-state index contributed by atoms with van der Waals surface area (Å²) < 4.78 is 0. The van der Waals surface area contributed by atoms with Gasteiger partial charge < -0.3 is 10.0 Å². The lowest BCUT2D eigenvalue weighted by Crippen LogP contribution is -2.16. The molecule has 2 rings (SSSR count). The molecule has 0 saturated heterocycles. The van der Waals surface area contributed by atoms with E-state index in [9.17, 15) is 9.90 Å². The molecule has 5 nitrogen and oxygen atoms in total. The Kier molecular flexibility index (Phi) is 4.95. The van der Waals surface area contributed by atoms with Crippen LogP contribution in [0.15, 0.2) is 5.38 Å². The fourth-order valence-corrected chi connectivity index (χ4v) is 3.54. The van der Waals surface area contributed by atoms with Crippen molar-refractivity contribution in [3.63, 3.8) is 0 Å². The summed E-state index contributed by atoms with van der Waals surface area (Å²) in [5.74, 6) is -0.747. The maximum absolute atomic E-state index is 11.4. The fraction of sp³-hybridized carbons (Fsp3) is 0.500. The van der Waals surface area contributed by atoms with Crippen molar-refractivity contribution >= 4 is 33.8 Å². The Balaban J connectivity index is 2.24. The number of thiazole rings is 2. The Morgan fingerprint density at radius 3 is 2.71 bits per heavy atom. The van der Waals surface area contributed by atoms with Gasteiger partial charge in [-0.15, -0.1) is 11.3 Å². The second kappa shape index (κ2) is 6.53. The third-order valence-corrected chi connectivity index (χ3v) is 5.30. The molecule has 0 aromatic carbocycles. The number of nitrogens with zero attached hydrogens (tertiary/aromatic N) is 3. The van der Waals surface area contributed by atoms with Gasteiger partial charge in [0.25, 0.3) is 0 Å². The van der Waals surface area contributed by atoms with Crippen molar-refractivity contribution in [1.29, 1.82) is 0 Å². The molecule has 1 unspecified atom stereocenters. The van der Waals surface area contributed by atoms with E-state index in [1.54, 1.807) is 11.3 Å². The van der Waals surface area contributed by atoms with Gasteiger partial charge in [0.2, 0.25) is 0 Å². The van der Waals surface area contributed by atoms with Gasteiger partial charge >= 0.3 is 5.97 Å². The van der Waals surface area contributed by atoms with Crippen molar-refractivity contribution in [1.82, 2.24) is 9.97 Å². The number of aromatic nitrogens is 2. The standard InChI is InChI=1S/C14H19N3O2S2/c1-5-8(2)11-12(13(18)19)21-14(16-11)17(4)6-10-7-20-9(3)15-10/h7-8H,5-6H2,1-4H3,(H,18,19). The summed E-state index contributed by atoms with van der Waals surface area (Å²) in [6.07, 6.45) is 0.873. The number of carboxylic acid groups (broad SMARTS) is 1. The minimum absolute atomic E-state index is 0.149. The van der Waals surface area contributed by atoms with Crippen LogP contribution in [0, 0.1) is 6.92 Å². The van der Waals surface area contributed by atoms with Crippen LogP contribution in [0.25, 0.3) is 0 Å². The van der Waals surface area contributed by atoms with Gasteiger partial charge in [-0.25, -0.2) is 14.8 Å². The zero-order valence-electron chi connectivity index (χ0n) is 12.6. The molecular weight excluding hydrogens is 306 g/mol. The van der Waals surface area contributed by atoms with Gasteiger partial charge in [0, 0.05) is 12.4 Å². The highest BCUT2D eigenvalue weighted by molar-refractivity contribution is 7.17. The van der Waals surface area contributed by atoms with Crippen LogP contribution in [0.3, 0.4) is 0 Å². The molecule has 0 aliphatic carbocycles. The average molecular weight is 325 g/mol. The Bertz CT molecular complexity index is 636. The number of carboxylic acids is 1. The molecule has 1 N–H and O–H groups in total. The van der Waals surface area contributed by atoms with Gasteiger partial charge in [-0.1, -0.05) is 25.2 Å². The van der Waals surface area contributed by atoms with Gasteiger partial charge in [-0.05, 0) is 19.3 Å². The molecule has 0 aliphatic rings. The van der Waals surface area contributed by atoms with E-state index in [0.29, 0.717) is 17.1 Å². The van der Waals surface area contributed by atoms with Crippen molar-refractivity contribution in [2.24, 2.45) is 0 Å². The van der Waals surface area contributed by atoms with Crippen molar-refractivity contribution < 1.29 is 9.90 Å². The molecule has 0 amide bonds. The fourth-order valence-electron chi connectivity index (χ4n) is 1.96. The third-order valence-electron chi connectivity index (χ3n) is 3.31. The molecule has 0 aliphatic heterocycles. The minimum atomic E-state index is -0.896. The second-order valence-corrected chi connectivity index (χ2v) is 7.08. The van der Waals surface area contributed by atoms with Crippen molar-refractivity contribution in [2.45, 2.75) is 39.7 Å².